The highest BCUT2D eigenvalue weighted by Crippen LogP contribution is 2.34. The number of benzene rings is 3. The molecule has 5 rings (SSSR count). The first-order chi connectivity index (χ1) is 15.6. The van der Waals surface area contributed by atoms with E-state index in [4.69, 9.17) is 4.42 Å². The van der Waals surface area contributed by atoms with Crippen LogP contribution in [0, 0.1) is 13.8 Å². The third-order valence-electron chi connectivity index (χ3n) is 6.31. The van der Waals surface area contributed by atoms with Crippen LogP contribution in [0.4, 0.5) is 0 Å². The largest absolute Gasteiger partial charge is 0.418 e. The Bertz CT molecular complexity index is 1250. The summed E-state index contributed by atoms with van der Waals surface area (Å²) in [7, 11) is 0. The quantitative estimate of drug-likeness (QED) is 0.404. The number of amides is 1. The highest BCUT2D eigenvalue weighted by Gasteiger charge is 2.35. The minimum Gasteiger partial charge on any atom is -0.418 e. The minimum absolute atomic E-state index is 0.0284. The van der Waals surface area contributed by atoms with Crippen LogP contribution in [0.25, 0.3) is 22.6 Å². The summed E-state index contributed by atoms with van der Waals surface area (Å²) in [6.45, 7) is 4.72. The molecule has 160 valence electrons. The van der Waals surface area contributed by atoms with Crippen LogP contribution >= 0.6 is 0 Å². The summed E-state index contributed by atoms with van der Waals surface area (Å²) in [6, 6.07) is 24.0. The Hall–Kier alpha value is -3.73. The number of carbonyl (C=O) groups excluding carboxylic acids is 1. The average Bonchev–Trinajstić information content (AvgIpc) is 3.51. The number of carbonyl (C=O) groups is 1. The van der Waals surface area contributed by atoms with E-state index in [9.17, 15) is 4.79 Å². The molecule has 1 aliphatic rings. The molecule has 1 atom stereocenters. The number of aryl methyl sites for hydroxylation is 1. The molecular weight excluding hydrogens is 398 g/mol. The number of aromatic nitrogens is 2. The van der Waals surface area contributed by atoms with Crippen molar-refractivity contribution in [2.45, 2.75) is 32.7 Å². The van der Waals surface area contributed by atoms with Crippen molar-refractivity contribution in [3.8, 4) is 22.6 Å². The van der Waals surface area contributed by atoms with Gasteiger partial charge >= 0.3 is 0 Å². The highest BCUT2D eigenvalue weighted by atomic mass is 16.4. The fourth-order valence-electron chi connectivity index (χ4n) is 4.33. The Labute approximate surface area is 187 Å². The van der Waals surface area contributed by atoms with E-state index < -0.39 is 0 Å². The van der Waals surface area contributed by atoms with Gasteiger partial charge < -0.3 is 9.32 Å². The molecule has 1 unspecified atom stereocenters. The third kappa shape index (κ3) is 3.71. The molecule has 1 fully saturated rings. The first kappa shape index (κ1) is 20.2. The van der Waals surface area contributed by atoms with Crippen molar-refractivity contribution in [1.29, 1.82) is 0 Å². The standard InChI is InChI=1S/C27H25N3O2/c1-18-8-6-11-23(19(18)2)27(31)30-17-7-12-24(30)26-29-28-25(32-26)22-15-13-21(14-16-22)20-9-4-3-5-10-20/h3-6,8-11,13-16,24H,7,12,17H2,1-2H3. The lowest BCUT2D eigenvalue weighted by molar-refractivity contribution is 0.0715. The fourth-order valence-corrected chi connectivity index (χ4v) is 4.33. The smallest absolute Gasteiger partial charge is 0.254 e. The van der Waals surface area contributed by atoms with Crippen molar-refractivity contribution in [1.82, 2.24) is 15.1 Å². The molecule has 1 aliphatic heterocycles. The molecule has 3 aromatic carbocycles. The van der Waals surface area contributed by atoms with E-state index in [0.29, 0.717) is 18.3 Å². The third-order valence-corrected chi connectivity index (χ3v) is 6.31. The van der Waals surface area contributed by atoms with Gasteiger partial charge in [0.05, 0.1) is 0 Å². The Morgan fingerprint density at radius 2 is 1.59 bits per heavy atom. The molecular formula is C27H25N3O2. The van der Waals surface area contributed by atoms with Gasteiger partial charge in [-0.3, -0.25) is 4.79 Å². The van der Waals surface area contributed by atoms with E-state index in [2.05, 4.69) is 34.5 Å². The Balaban J connectivity index is 1.38. The zero-order chi connectivity index (χ0) is 22.1. The van der Waals surface area contributed by atoms with Gasteiger partial charge in [0.2, 0.25) is 11.8 Å². The van der Waals surface area contributed by atoms with Crippen molar-refractivity contribution in [2.24, 2.45) is 0 Å². The first-order valence-corrected chi connectivity index (χ1v) is 11.0. The molecule has 5 heteroatoms. The molecule has 5 nitrogen and oxygen atoms in total. The summed E-state index contributed by atoms with van der Waals surface area (Å²) < 4.78 is 6.05. The second-order valence-electron chi connectivity index (χ2n) is 8.29. The lowest BCUT2D eigenvalue weighted by atomic mass is 10.0. The molecule has 0 aliphatic carbocycles. The molecule has 1 amide bonds. The molecule has 2 heterocycles. The van der Waals surface area contributed by atoms with Gasteiger partial charge in [-0.15, -0.1) is 10.2 Å². The number of hydrogen-bond acceptors (Lipinski definition) is 4. The first-order valence-electron chi connectivity index (χ1n) is 11.0. The summed E-state index contributed by atoms with van der Waals surface area (Å²) >= 11 is 0. The summed E-state index contributed by atoms with van der Waals surface area (Å²) in [5.74, 6) is 1.01. The van der Waals surface area contributed by atoms with E-state index in [1.165, 1.54) is 0 Å². The van der Waals surface area contributed by atoms with Crippen LogP contribution in [0.3, 0.4) is 0 Å². The van der Waals surface area contributed by atoms with Crippen LogP contribution in [0.15, 0.2) is 77.2 Å². The zero-order valence-electron chi connectivity index (χ0n) is 18.3. The van der Waals surface area contributed by atoms with Crippen LogP contribution < -0.4 is 0 Å². The monoisotopic (exact) mass is 423 g/mol. The molecule has 32 heavy (non-hydrogen) atoms. The van der Waals surface area contributed by atoms with Gasteiger partial charge in [-0.25, -0.2) is 0 Å². The predicted molar refractivity (Wildman–Crippen MR) is 124 cm³/mol. The Morgan fingerprint density at radius 1 is 0.875 bits per heavy atom. The van der Waals surface area contributed by atoms with Crippen LogP contribution in [0.1, 0.15) is 46.3 Å². The van der Waals surface area contributed by atoms with Crippen molar-refractivity contribution >= 4 is 5.91 Å². The molecule has 0 spiro atoms. The molecule has 1 saturated heterocycles. The molecule has 0 radical (unpaired) electrons. The van der Waals surface area contributed by atoms with E-state index in [1.807, 2.05) is 67.3 Å². The topological polar surface area (TPSA) is 59.2 Å². The van der Waals surface area contributed by atoms with Crippen molar-refractivity contribution < 1.29 is 9.21 Å². The Morgan fingerprint density at radius 3 is 2.38 bits per heavy atom. The van der Waals surface area contributed by atoms with Crippen molar-refractivity contribution in [3.05, 3.63) is 95.4 Å². The summed E-state index contributed by atoms with van der Waals surface area (Å²) in [5, 5.41) is 8.59. The van der Waals surface area contributed by atoms with Gasteiger partial charge in [0.25, 0.3) is 5.91 Å². The summed E-state index contributed by atoms with van der Waals surface area (Å²) in [6.07, 6.45) is 1.75. The van der Waals surface area contributed by atoms with Gasteiger partial charge in [0.1, 0.15) is 6.04 Å². The molecule has 0 bridgehead atoms. The van der Waals surface area contributed by atoms with E-state index in [1.54, 1.807) is 0 Å². The average molecular weight is 424 g/mol. The molecule has 0 saturated carbocycles. The second-order valence-corrected chi connectivity index (χ2v) is 8.29. The van der Waals surface area contributed by atoms with E-state index >= 15 is 0 Å². The van der Waals surface area contributed by atoms with Crippen LogP contribution in [-0.2, 0) is 0 Å². The molecule has 1 aromatic heterocycles. The van der Waals surface area contributed by atoms with Gasteiger partial charge in [-0.1, -0.05) is 54.6 Å². The Kier molecular flexibility index (Phi) is 5.31. The maximum absolute atomic E-state index is 13.3. The molecule has 0 N–H and O–H groups in total. The summed E-state index contributed by atoms with van der Waals surface area (Å²) in [4.78, 5) is 15.2. The number of hydrogen-bond donors (Lipinski definition) is 0. The lowest BCUT2D eigenvalue weighted by Crippen LogP contribution is -2.31. The summed E-state index contributed by atoms with van der Waals surface area (Å²) in [5.41, 5.74) is 6.05. The SMILES string of the molecule is Cc1cccc(C(=O)N2CCCC2c2nnc(-c3ccc(-c4ccccc4)cc3)o2)c1C. The second kappa shape index (κ2) is 8.42. The van der Waals surface area contributed by atoms with Crippen LogP contribution in [0.5, 0.6) is 0 Å². The minimum atomic E-state index is -0.188. The number of likely N-dealkylation sites (tertiary alicyclic amines) is 1. The highest BCUT2D eigenvalue weighted by molar-refractivity contribution is 5.96. The number of nitrogens with zero attached hydrogens (tertiary/aromatic N) is 3. The van der Waals surface area contributed by atoms with Crippen LogP contribution in [0.2, 0.25) is 0 Å². The zero-order valence-corrected chi connectivity index (χ0v) is 18.3. The van der Waals surface area contributed by atoms with Crippen molar-refractivity contribution in [2.75, 3.05) is 6.54 Å². The van der Waals surface area contributed by atoms with Gasteiger partial charge in [0, 0.05) is 17.7 Å². The maximum atomic E-state index is 13.3. The fraction of sp³-hybridized carbons (Fsp3) is 0.222. The number of rotatable bonds is 4. The van der Waals surface area contributed by atoms with Gasteiger partial charge in [-0.2, -0.15) is 0 Å². The van der Waals surface area contributed by atoms with E-state index in [0.717, 1.165) is 46.2 Å². The maximum Gasteiger partial charge on any atom is 0.254 e. The van der Waals surface area contributed by atoms with Crippen molar-refractivity contribution in [3.63, 3.8) is 0 Å². The van der Waals surface area contributed by atoms with E-state index in [-0.39, 0.29) is 11.9 Å². The van der Waals surface area contributed by atoms with Gasteiger partial charge in [0.15, 0.2) is 0 Å². The van der Waals surface area contributed by atoms with Crippen LogP contribution in [-0.4, -0.2) is 27.5 Å². The van der Waals surface area contributed by atoms with Gasteiger partial charge in [-0.05, 0) is 67.1 Å². The lowest BCUT2D eigenvalue weighted by Gasteiger charge is -2.23. The normalized spacial score (nSPS) is 15.8. The molecule has 4 aromatic rings. The predicted octanol–water partition coefficient (Wildman–Crippen LogP) is 6.00.